The first-order valence-electron chi connectivity index (χ1n) is 11.4. The van der Waals surface area contributed by atoms with Crippen LogP contribution in [0.4, 0.5) is 5.69 Å². The third-order valence-corrected chi connectivity index (χ3v) is 6.04. The third-order valence-electron chi connectivity index (χ3n) is 6.04. The van der Waals surface area contributed by atoms with Gasteiger partial charge in [-0.1, -0.05) is 48.0 Å². The number of hydrogen-bond acceptors (Lipinski definition) is 3. The fourth-order valence-corrected chi connectivity index (χ4v) is 4.04. The molecule has 1 heterocycles. The van der Waals surface area contributed by atoms with Gasteiger partial charge < -0.3 is 20.5 Å². The molecule has 0 aliphatic carbocycles. The SMILES string of the molecule is Cc1ccc(C(=O)NCC(=O)NC[C@@H](c2ccc(N(C)C)cc2)c2c[nH]c3ccccc23)cc1. The van der Waals surface area contributed by atoms with Crippen LogP contribution in [0.3, 0.4) is 0 Å². The van der Waals surface area contributed by atoms with Gasteiger partial charge in [0.1, 0.15) is 0 Å². The molecular formula is C28H30N4O2. The molecule has 4 aromatic rings. The molecule has 0 spiro atoms. The van der Waals surface area contributed by atoms with E-state index in [2.05, 4.69) is 50.8 Å². The molecular weight excluding hydrogens is 424 g/mol. The van der Waals surface area contributed by atoms with Crippen molar-refractivity contribution < 1.29 is 9.59 Å². The molecule has 0 aliphatic heterocycles. The molecule has 0 radical (unpaired) electrons. The highest BCUT2D eigenvalue weighted by Crippen LogP contribution is 2.31. The van der Waals surface area contributed by atoms with Crippen molar-refractivity contribution in [1.82, 2.24) is 15.6 Å². The van der Waals surface area contributed by atoms with E-state index in [9.17, 15) is 9.59 Å². The summed E-state index contributed by atoms with van der Waals surface area (Å²) in [6.07, 6.45) is 2.01. The van der Waals surface area contributed by atoms with Gasteiger partial charge >= 0.3 is 0 Å². The zero-order valence-corrected chi connectivity index (χ0v) is 19.8. The quantitative estimate of drug-likeness (QED) is 0.373. The van der Waals surface area contributed by atoms with Gasteiger partial charge in [0.2, 0.25) is 5.91 Å². The summed E-state index contributed by atoms with van der Waals surface area (Å²) >= 11 is 0. The predicted octanol–water partition coefficient (Wildman–Crippen LogP) is 4.22. The highest BCUT2D eigenvalue weighted by molar-refractivity contribution is 5.96. The number of nitrogens with zero attached hydrogens (tertiary/aromatic N) is 1. The van der Waals surface area contributed by atoms with E-state index < -0.39 is 0 Å². The third kappa shape index (κ3) is 5.29. The van der Waals surface area contributed by atoms with Crippen LogP contribution in [0.5, 0.6) is 0 Å². The molecule has 0 fully saturated rings. The number of hydrogen-bond donors (Lipinski definition) is 3. The summed E-state index contributed by atoms with van der Waals surface area (Å²) in [4.78, 5) is 30.3. The Bertz CT molecular complexity index is 1270. The number of aryl methyl sites for hydroxylation is 1. The number of aromatic nitrogens is 1. The maximum Gasteiger partial charge on any atom is 0.251 e. The summed E-state index contributed by atoms with van der Waals surface area (Å²) in [7, 11) is 4.02. The number of H-pyrrole nitrogens is 1. The van der Waals surface area contributed by atoms with E-state index in [0.717, 1.165) is 33.3 Å². The average molecular weight is 455 g/mol. The lowest BCUT2D eigenvalue weighted by Crippen LogP contribution is -2.38. The fourth-order valence-electron chi connectivity index (χ4n) is 4.04. The lowest BCUT2D eigenvalue weighted by atomic mass is 9.90. The summed E-state index contributed by atoms with van der Waals surface area (Å²) in [5, 5.41) is 6.84. The first-order chi connectivity index (χ1) is 16.4. The van der Waals surface area contributed by atoms with Crippen LogP contribution in [-0.4, -0.2) is 44.0 Å². The van der Waals surface area contributed by atoms with Gasteiger partial charge in [-0.25, -0.2) is 0 Å². The van der Waals surface area contributed by atoms with E-state index in [0.29, 0.717) is 12.1 Å². The molecule has 3 N–H and O–H groups in total. The molecule has 2 amide bonds. The van der Waals surface area contributed by atoms with Crippen molar-refractivity contribution in [3.63, 3.8) is 0 Å². The molecule has 174 valence electrons. The van der Waals surface area contributed by atoms with Crippen LogP contribution in [0.25, 0.3) is 10.9 Å². The Labute approximate surface area is 200 Å². The van der Waals surface area contributed by atoms with E-state index >= 15 is 0 Å². The number of carbonyl (C=O) groups excluding carboxylic acids is 2. The number of aromatic amines is 1. The number of carbonyl (C=O) groups is 2. The number of fused-ring (bicyclic) bond motifs is 1. The molecule has 0 bridgehead atoms. The number of para-hydroxylation sites is 1. The van der Waals surface area contributed by atoms with Crippen LogP contribution in [0.15, 0.2) is 79.0 Å². The van der Waals surface area contributed by atoms with E-state index in [1.165, 1.54) is 0 Å². The minimum atomic E-state index is -0.261. The van der Waals surface area contributed by atoms with Gasteiger partial charge in [0.25, 0.3) is 5.91 Å². The second-order valence-electron chi connectivity index (χ2n) is 8.68. The minimum Gasteiger partial charge on any atom is -0.378 e. The molecule has 0 aliphatic rings. The zero-order chi connectivity index (χ0) is 24.1. The van der Waals surface area contributed by atoms with Gasteiger partial charge in [-0.2, -0.15) is 0 Å². The van der Waals surface area contributed by atoms with Crippen LogP contribution >= 0.6 is 0 Å². The molecule has 0 saturated carbocycles. The molecule has 34 heavy (non-hydrogen) atoms. The van der Waals surface area contributed by atoms with E-state index in [1.807, 2.05) is 57.5 Å². The summed E-state index contributed by atoms with van der Waals surface area (Å²) < 4.78 is 0. The summed E-state index contributed by atoms with van der Waals surface area (Å²) in [5.41, 5.74) is 6.03. The zero-order valence-electron chi connectivity index (χ0n) is 19.8. The van der Waals surface area contributed by atoms with Crippen LogP contribution in [0.2, 0.25) is 0 Å². The van der Waals surface area contributed by atoms with Crippen LogP contribution in [-0.2, 0) is 4.79 Å². The van der Waals surface area contributed by atoms with Crippen molar-refractivity contribution in [2.75, 3.05) is 32.1 Å². The average Bonchev–Trinajstić information content (AvgIpc) is 3.27. The second-order valence-corrected chi connectivity index (χ2v) is 8.68. The van der Waals surface area contributed by atoms with Crippen LogP contribution < -0.4 is 15.5 Å². The van der Waals surface area contributed by atoms with Gasteiger partial charge in [0.15, 0.2) is 0 Å². The normalized spacial score (nSPS) is 11.7. The first kappa shape index (κ1) is 23.1. The minimum absolute atomic E-state index is 0.0379. The molecule has 6 nitrogen and oxygen atoms in total. The summed E-state index contributed by atoms with van der Waals surface area (Å²) in [6, 6.07) is 23.8. The van der Waals surface area contributed by atoms with Crippen molar-refractivity contribution in [3.8, 4) is 0 Å². The lowest BCUT2D eigenvalue weighted by molar-refractivity contribution is -0.120. The molecule has 4 rings (SSSR count). The standard InChI is InChI=1S/C28H30N4O2/c1-19-8-10-21(11-9-19)28(34)31-18-27(33)30-16-24(20-12-14-22(15-13-20)32(2)3)25-17-29-26-7-5-4-6-23(25)26/h4-15,17,24,29H,16,18H2,1-3H3,(H,30,33)(H,31,34)/t24-/m0/s1. The molecule has 1 atom stereocenters. The number of amides is 2. The van der Waals surface area contributed by atoms with Crippen LogP contribution in [0.1, 0.15) is 33.0 Å². The highest BCUT2D eigenvalue weighted by atomic mass is 16.2. The number of anilines is 1. The van der Waals surface area contributed by atoms with Gasteiger partial charge in [-0.15, -0.1) is 0 Å². The monoisotopic (exact) mass is 454 g/mol. The van der Waals surface area contributed by atoms with Gasteiger partial charge in [0, 0.05) is 54.9 Å². The van der Waals surface area contributed by atoms with Crippen molar-refractivity contribution in [2.24, 2.45) is 0 Å². The number of rotatable bonds is 8. The largest absolute Gasteiger partial charge is 0.378 e. The summed E-state index contributed by atoms with van der Waals surface area (Å²) in [6.45, 7) is 2.31. The van der Waals surface area contributed by atoms with Crippen LogP contribution in [0, 0.1) is 6.92 Å². The molecule has 3 aromatic carbocycles. The Morgan fingerprint density at radius 3 is 2.32 bits per heavy atom. The Balaban J connectivity index is 1.47. The Morgan fingerprint density at radius 2 is 1.62 bits per heavy atom. The Kier molecular flexibility index (Phi) is 6.97. The molecule has 1 aromatic heterocycles. The Morgan fingerprint density at radius 1 is 0.912 bits per heavy atom. The molecule has 0 unspecified atom stereocenters. The smallest absolute Gasteiger partial charge is 0.251 e. The lowest BCUT2D eigenvalue weighted by Gasteiger charge is -2.20. The van der Waals surface area contributed by atoms with Gasteiger partial charge in [-0.3, -0.25) is 9.59 Å². The van der Waals surface area contributed by atoms with E-state index in [-0.39, 0.29) is 24.3 Å². The molecule has 0 saturated heterocycles. The second kappa shape index (κ2) is 10.3. The van der Waals surface area contributed by atoms with Crippen molar-refractivity contribution >= 4 is 28.4 Å². The number of benzene rings is 3. The van der Waals surface area contributed by atoms with Crippen molar-refractivity contribution in [3.05, 3.63) is 101 Å². The van der Waals surface area contributed by atoms with Crippen molar-refractivity contribution in [1.29, 1.82) is 0 Å². The summed E-state index contributed by atoms with van der Waals surface area (Å²) in [5.74, 6) is -0.526. The maximum absolute atomic E-state index is 12.6. The van der Waals surface area contributed by atoms with E-state index in [4.69, 9.17) is 0 Å². The first-order valence-corrected chi connectivity index (χ1v) is 11.4. The highest BCUT2D eigenvalue weighted by Gasteiger charge is 2.19. The maximum atomic E-state index is 12.6. The topological polar surface area (TPSA) is 77.2 Å². The van der Waals surface area contributed by atoms with Gasteiger partial charge in [0.05, 0.1) is 6.54 Å². The van der Waals surface area contributed by atoms with Gasteiger partial charge in [-0.05, 0) is 48.4 Å². The van der Waals surface area contributed by atoms with E-state index in [1.54, 1.807) is 12.1 Å². The Hall–Kier alpha value is -4.06. The molecule has 6 heteroatoms. The number of nitrogens with one attached hydrogen (secondary N) is 3. The predicted molar refractivity (Wildman–Crippen MR) is 137 cm³/mol. The van der Waals surface area contributed by atoms with Crippen molar-refractivity contribution in [2.45, 2.75) is 12.8 Å². The fraction of sp³-hybridized carbons (Fsp3) is 0.214.